The Balaban J connectivity index is 2.43. The van der Waals surface area contributed by atoms with Gasteiger partial charge in [-0.15, -0.1) is 0 Å². The second-order valence-corrected chi connectivity index (χ2v) is 3.49. The summed E-state index contributed by atoms with van der Waals surface area (Å²) in [5.74, 6) is 5.38. The summed E-state index contributed by atoms with van der Waals surface area (Å²) in [5.41, 5.74) is 0. The van der Waals surface area contributed by atoms with Gasteiger partial charge in [0, 0.05) is 18.4 Å². The molecule has 0 aliphatic carbocycles. The van der Waals surface area contributed by atoms with Gasteiger partial charge in [0.15, 0.2) is 0 Å². The minimum atomic E-state index is -0.432. The second kappa shape index (κ2) is 5.66. The Morgan fingerprint density at radius 3 is 3.07 bits per heavy atom. The van der Waals surface area contributed by atoms with Crippen LogP contribution in [0.25, 0.3) is 0 Å². The molecule has 0 aromatic carbocycles. The lowest BCUT2D eigenvalue weighted by atomic mass is 9.99. The van der Waals surface area contributed by atoms with E-state index in [1.807, 2.05) is 0 Å². The lowest BCUT2D eigenvalue weighted by Gasteiger charge is -2.28. The van der Waals surface area contributed by atoms with E-state index < -0.39 is 5.97 Å². The highest BCUT2D eigenvalue weighted by molar-refractivity contribution is 5.88. The van der Waals surface area contributed by atoms with E-state index in [2.05, 4.69) is 28.4 Å². The van der Waals surface area contributed by atoms with Crippen molar-refractivity contribution >= 4 is 5.97 Å². The van der Waals surface area contributed by atoms with E-state index >= 15 is 0 Å². The Kier molecular flexibility index (Phi) is 4.48. The predicted octanol–water partition coefficient (Wildman–Crippen LogP) is 0.895. The SMILES string of the molecule is CCN1CCCC(C#CC(=O)OC)C1. The van der Waals surface area contributed by atoms with E-state index in [-0.39, 0.29) is 0 Å². The molecule has 0 aromatic heterocycles. The summed E-state index contributed by atoms with van der Waals surface area (Å²) in [6.45, 7) is 5.36. The average molecular weight is 195 g/mol. The number of ether oxygens (including phenoxy) is 1. The summed E-state index contributed by atoms with van der Waals surface area (Å²) in [4.78, 5) is 13.2. The van der Waals surface area contributed by atoms with E-state index in [4.69, 9.17) is 0 Å². The number of likely N-dealkylation sites (tertiary alicyclic amines) is 1. The molecule has 3 nitrogen and oxygen atoms in total. The minimum absolute atomic E-state index is 0.336. The molecular formula is C11H17NO2. The smallest absolute Gasteiger partial charge is 0.384 e. The van der Waals surface area contributed by atoms with Gasteiger partial charge >= 0.3 is 5.97 Å². The molecule has 1 fully saturated rings. The highest BCUT2D eigenvalue weighted by Crippen LogP contribution is 2.14. The van der Waals surface area contributed by atoms with Crippen molar-refractivity contribution in [2.45, 2.75) is 19.8 Å². The Morgan fingerprint density at radius 2 is 2.43 bits per heavy atom. The van der Waals surface area contributed by atoms with Gasteiger partial charge in [0.05, 0.1) is 7.11 Å². The minimum Gasteiger partial charge on any atom is -0.459 e. The molecule has 0 amide bonds. The fourth-order valence-corrected chi connectivity index (χ4v) is 1.67. The number of methoxy groups -OCH3 is 1. The van der Waals surface area contributed by atoms with Crippen molar-refractivity contribution in [1.82, 2.24) is 4.90 Å². The van der Waals surface area contributed by atoms with Crippen molar-refractivity contribution in [3.05, 3.63) is 0 Å². The van der Waals surface area contributed by atoms with Gasteiger partial charge < -0.3 is 9.64 Å². The normalized spacial score (nSPS) is 22.3. The summed E-state index contributed by atoms with van der Waals surface area (Å²) in [7, 11) is 1.36. The number of hydrogen-bond donors (Lipinski definition) is 0. The summed E-state index contributed by atoms with van der Waals surface area (Å²) < 4.78 is 4.47. The first-order valence-corrected chi connectivity index (χ1v) is 5.08. The molecule has 1 saturated heterocycles. The molecule has 3 heteroatoms. The fourth-order valence-electron chi connectivity index (χ4n) is 1.67. The number of hydrogen-bond acceptors (Lipinski definition) is 3. The predicted molar refractivity (Wildman–Crippen MR) is 54.6 cm³/mol. The zero-order valence-electron chi connectivity index (χ0n) is 8.88. The number of carbonyl (C=O) groups is 1. The Morgan fingerprint density at radius 1 is 1.64 bits per heavy atom. The number of nitrogens with zero attached hydrogens (tertiary/aromatic N) is 1. The number of piperidine rings is 1. The molecule has 1 heterocycles. The Hall–Kier alpha value is -1.01. The molecule has 1 unspecified atom stereocenters. The first kappa shape index (κ1) is 11.1. The fraction of sp³-hybridized carbons (Fsp3) is 0.727. The number of rotatable bonds is 1. The van der Waals surface area contributed by atoms with Crippen LogP contribution in [0.3, 0.4) is 0 Å². The molecule has 1 atom stereocenters. The molecular weight excluding hydrogens is 178 g/mol. The van der Waals surface area contributed by atoms with Crippen LogP contribution in [-0.4, -0.2) is 37.6 Å². The van der Waals surface area contributed by atoms with E-state index in [1.165, 1.54) is 13.5 Å². The van der Waals surface area contributed by atoms with Crippen molar-refractivity contribution in [2.24, 2.45) is 5.92 Å². The third-order valence-electron chi connectivity index (χ3n) is 2.52. The monoisotopic (exact) mass is 195 g/mol. The summed E-state index contributed by atoms with van der Waals surface area (Å²) in [6, 6.07) is 0. The molecule has 0 bridgehead atoms. The summed E-state index contributed by atoms with van der Waals surface area (Å²) in [6.07, 6.45) is 2.27. The van der Waals surface area contributed by atoms with Crippen molar-refractivity contribution in [3.63, 3.8) is 0 Å². The number of esters is 1. The van der Waals surface area contributed by atoms with Crippen LogP contribution in [0.1, 0.15) is 19.8 Å². The van der Waals surface area contributed by atoms with Crippen LogP contribution in [0.4, 0.5) is 0 Å². The van der Waals surface area contributed by atoms with Crippen molar-refractivity contribution in [1.29, 1.82) is 0 Å². The Labute approximate surface area is 85.4 Å². The topological polar surface area (TPSA) is 29.5 Å². The van der Waals surface area contributed by atoms with Gasteiger partial charge in [-0.3, -0.25) is 0 Å². The van der Waals surface area contributed by atoms with Crippen LogP contribution >= 0.6 is 0 Å². The summed E-state index contributed by atoms with van der Waals surface area (Å²) in [5, 5.41) is 0. The molecule has 0 aromatic rings. The van der Waals surface area contributed by atoms with Gasteiger partial charge in [-0.1, -0.05) is 12.8 Å². The molecule has 1 rings (SSSR count). The molecule has 1 aliphatic rings. The van der Waals surface area contributed by atoms with Crippen LogP contribution in [0, 0.1) is 17.8 Å². The zero-order chi connectivity index (χ0) is 10.4. The first-order chi connectivity index (χ1) is 6.76. The van der Waals surface area contributed by atoms with Crippen LogP contribution in [0.5, 0.6) is 0 Å². The van der Waals surface area contributed by atoms with E-state index in [1.54, 1.807) is 0 Å². The van der Waals surface area contributed by atoms with Gasteiger partial charge in [0.1, 0.15) is 0 Å². The van der Waals surface area contributed by atoms with Crippen molar-refractivity contribution in [3.8, 4) is 11.8 Å². The average Bonchev–Trinajstić information content (AvgIpc) is 2.26. The molecule has 0 N–H and O–H groups in total. The second-order valence-electron chi connectivity index (χ2n) is 3.49. The van der Waals surface area contributed by atoms with Gasteiger partial charge in [-0.2, -0.15) is 0 Å². The van der Waals surface area contributed by atoms with Crippen LogP contribution < -0.4 is 0 Å². The number of carbonyl (C=O) groups excluding carboxylic acids is 1. The third-order valence-corrected chi connectivity index (χ3v) is 2.52. The van der Waals surface area contributed by atoms with Gasteiger partial charge in [0.2, 0.25) is 0 Å². The zero-order valence-corrected chi connectivity index (χ0v) is 8.88. The summed E-state index contributed by atoms with van der Waals surface area (Å²) >= 11 is 0. The van der Waals surface area contributed by atoms with E-state index in [0.29, 0.717) is 5.92 Å². The quantitative estimate of drug-likeness (QED) is 0.353. The van der Waals surface area contributed by atoms with Gasteiger partial charge in [0.25, 0.3) is 0 Å². The van der Waals surface area contributed by atoms with Crippen molar-refractivity contribution in [2.75, 3.05) is 26.7 Å². The van der Waals surface area contributed by atoms with Crippen LogP contribution in [0.15, 0.2) is 0 Å². The maximum atomic E-state index is 10.8. The molecule has 1 aliphatic heterocycles. The van der Waals surface area contributed by atoms with Crippen molar-refractivity contribution < 1.29 is 9.53 Å². The third kappa shape index (κ3) is 3.39. The molecule has 0 radical (unpaired) electrons. The molecule has 78 valence electrons. The van der Waals surface area contributed by atoms with E-state index in [0.717, 1.165) is 26.1 Å². The maximum absolute atomic E-state index is 10.8. The van der Waals surface area contributed by atoms with Crippen LogP contribution in [0.2, 0.25) is 0 Å². The molecule has 0 spiro atoms. The van der Waals surface area contributed by atoms with Gasteiger partial charge in [-0.25, -0.2) is 4.79 Å². The lowest BCUT2D eigenvalue weighted by molar-refractivity contribution is -0.133. The molecule has 0 saturated carbocycles. The van der Waals surface area contributed by atoms with E-state index in [9.17, 15) is 4.79 Å². The first-order valence-electron chi connectivity index (χ1n) is 5.08. The lowest BCUT2D eigenvalue weighted by Crippen LogP contribution is -2.34. The molecule has 14 heavy (non-hydrogen) atoms. The largest absolute Gasteiger partial charge is 0.459 e. The standard InChI is InChI=1S/C11H17NO2/c1-3-12-8-4-5-10(9-12)6-7-11(13)14-2/h10H,3-5,8-9H2,1-2H3. The highest BCUT2D eigenvalue weighted by Gasteiger charge is 2.16. The van der Waals surface area contributed by atoms with Crippen LogP contribution in [-0.2, 0) is 9.53 Å². The van der Waals surface area contributed by atoms with Gasteiger partial charge in [-0.05, 0) is 25.9 Å². The maximum Gasteiger partial charge on any atom is 0.384 e. The Bertz CT molecular complexity index is 252. The highest BCUT2D eigenvalue weighted by atomic mass is 16.5.